The largest absolute Gasteiger partial charge is 0.358 e. The third kappa shape index (κ3) is 3.86. The fourth-order valence-corrected chi connectivity index (χ4v) is 1.75. The second-order valence-corrected chi connectivity index (χ2v) is 4.23. The molecular formula is C14H19N3O. The molecule has 0 heterocycles. The lowest BCUT2D eigenvalue weighted by Crippen LogP contribution is -2.35. The van der Waals surface area contributed by atoms with E-state index in [0.29, 0.717) is 12.1 Å². The van der Waals surface area contributed by atoms with Crippen molar-refractivity contribution in [2.24, 2.45) is 0 Å². The van der Waals surface area contributed by atoms with Crippen LogP contribution in [0.1, 0.15) is 23.6 Å². The Morgan fingerprint density at radius 1 is 1.50 bits per heavy atom. The second-order valence-electron chi connectivity index (χ2n) is 4.23. The number of aryl methyl sites for hydroxylation is 1. The minimum absolute atomic E-state index is 0.0168. The van der Waals surface area contributed by atoms with Gasteiger partial charge >= 0.3 is 0 Å². The van der Waals surface area contributed by atoms with Gasteiger partial charge in [0.25, 0.3) is 0 Å². The molecule has 0 saturated carbocycles. The van der Waals surface area contributed by atoms with Gasteiger partial charge in [-0.2, -0.15) is 5.26 Å². The molecule has 0 aromatic heterocycles. The number of likely N-dealkylation sites (N-methyl/N-ethyl adjacent to an activating group) is 2. The molecule has 0 bridgehead atoms. The van der Waals surface area contributed by atoms with Crippen LogP contribution in [0.5, 0.6) is 0 Å². The average Bonchev–Trinajstić information content (AvgIpc) is 2.39. The van der Waals surface area contributed by atoms with Crippen LogP contribution in [0, 0.1) is 18.3 Å². The maximum atomic E-state index is 11.4. The Labute approximate surface area is 108 Å². The van der Waals surface area contributed by atoms with Gasteiger partial charge in [-0.15, -0.1) is 0 Å². The highest BCUT2D eigenvalue weighted by Gasteiger charge is 2.09. The van der Waals surface area contributed by atoms with Gasteiger partial charge < -0.3 is 5.32 Å². The molecule has 96 valence electrons. The molecule has 1 aromatic rings. The summed E-state index contributed by atoms with van der Waals surface area (Å²) in [4.78, 5) is 13.4. The van der Waals surface area contributed by atoms with Gasteiger partial charge in [0.15, 0.2) is 0 Å². The van der Waals surface area contributed by atoms with Gasteiger partial charge in [0, 0.05) is 13.6 Å². The molecule has 0 aliphatic heterocycles. The lowest BCUT2D eigenvalue weighted by Gasteiger charge is -2.20. The average molecular weight is 245 g/mol. The molecule has 0 spiro atoms. The Balaban J connectivity index is 2.76. The number of hydrogen-bond acceptors (Lipinski definition) is 3. The zero-order valence-corrected chi connectivity index (χ0v) is 11.2. The maximum absolute atomic E-state index is 11.4. The smallest absolute Gasteiger partial charge is 0.233 e. The summed E-state index contributed by atoms with van der Waals surface area (Å²) in [6, 6.07) is 7.78. The summed E-state index contributed by atoms with van der Waals surface area (Å²) in [5.41, 5.74) is 2.91. The van der Waals surface area contributed by atoms with E-state index in [1.807, 2.05) is 32.0 Å². The van der Waals surface area contributed by atoms with E-state index in [1.165, 1.54) is 0 Å². The van der Waals surface area contributed by atoms with Crippen LogP contribution >= 0.6 is 0 Å². The van der Waals surface area contributed by atoms with Crippen LogP contribution in [-0.4, -0.2) is 30.9 Å². The summed E-state index contributed by atoms with van der Waals surface area (Å²) >= 11 is 0. The van der Waals surface area contributed by atoms with Crippen LogP contribution in [0.2, 0.25) is 0 Å². The van der Waals surface area contributed by atoms with Crippen LogP contribution in [0.4, 0.5) is 0 Å². The third-order valence-electron chi connectivity index (χ3n) is 2.96. The predicted octanol–water partition coefficient (Wildman–Crippen LogP) is 1.43. The van der Waals surface area contributed by atoms with Gasteiger partial charge in [-0.25, -0.2) is 0 Å². The van der Waals surface area contributed by atoms with Gasteiger partial charge in [0.05, 0.1) is 18.2 Å². The van der Waals surface area contributed by atoms with Crippen molar-refractivity contribution >= 4 is 5.91 Å². The van der Waals surface area contributed by atoms with E-state index in [4.69, 9.17) is 5.26 Å². The molecule has 4 heteroatoms. The van der Waals surface area contributed by atoms with Crippen molar-refractivity contribution in [3.63, 3.8) is 0 Å². The van der Waals surface area contributed by atoms with E-state index in [1.54, 1.807) is 7.05 Å². The van der Waals surface area contributed by atoms with Crippen molar-refractivity contribution in [3.8, 4) is 6.07 Å². The second kappa shape index (κ2) is 6.77. The minimum Gasteiger partial charge on any atom is -0.358 e. The van der Waals surface area contributed by atoms with Crippen molar-refractivity contribution in [2.75, 3.05) is 20.1 Å². The van der Waals surface area contributed by atoms with Gasteiger partial charge in [-0.05, 0) is 36.7 Å². The first kappa shape index (κ1) is 14.2. The zero-order valence-electron chi connectivity index (χ0n) is 11.2. The molecule has 0 aliphatic carbocycles. The van der Waals surface area contributed by atoms with E-state index >= 15 is 0 Å². The van der Waals surface area contributed by atoms with Crippen LogP contribution in [-0.2, 0) is 11.3 Å². The summed E-state index contributed by atoms with van der Waals surface area (Å²) in [6.07, 6.45) is 0. The molecule has 0 unspecified atom stereocenters. The Morgan fingerprint density at radius 2 is 2.22 bits per heavy atom. The predicted molar refractivity (Wildman–Crippen MR) is 70.9 cm³/mol. The number of nitrogens with one attached hydrogen (secondary N) is 1. The number of benzene rings is 1. The highest BCUT2D eigenvalue weighted by molar-refractivity contribution is 5.77. The highest BCUT2D eigenvalue weighted by Crippen LogP contribution is 2.13. The van der Waals surface area contributed by atoms with Crippen molar-refractivity contribution in [1.82, 2.24) is 10.2 Å². The maximum Gasteiger partial charge on any atom is 0.233 e. The molecule has 0 atom stereocenters. The van der Waals surface area contributed by atoms with E-state index in [2.05, 4.69) is 16.3 Å². The zero-order chi connectivity index (χ0) is 13.5. The fraction of sp³-hybridized carbons (Fsp3) is 0.429. The molecule has 1 aromatic carbocycles. The van der Waals surface area contributed by atoms with Crippen LogP contribution in [0.15, 0.2) is 18.2 Å². The molecular weight excluding hydrogens is 226 g/mol. The van der Waals surface area contributed by atoms with Gasteiger partial charge in [0.2, 0.25) is 5.91 Å². The number of hydrogen-bond donors (Lipinski definition) is 1. The molecule has 0 fully saturated rings. The van der Waals surface area contributed by atoms with Crippen molar-refractivity contribution in [2.45, 2.75) is 20.4 Å². The van der Waals surface area contributed by atoms with Crippen LogP contribution < -0.4 is 5.32 Å². The number of nitrogens with zero attached hydrogens (tertiary/aromatic N) is 2. The Morgan fingerprint density at radius 3 is 2.72 bits per heavy atom. The minimum atomic E-state index is 0.0168. The topological polar surface area (TPSA) is 56.1 Å². The lowest BCUT2D eigenvalue weighted by atomic mass is 10.1. The van der Waals surface area contributed by atoms with Crippen LogP contribution in [0.3, 0.4) is 0 Å². The molecule has 0 aliphatic rings. The first-order chi connectivity index (χ1) is 8.60. The van der Waals surface area contributed by atoms with E-state index < -0.39 is 0 Å². The molecule has 0 radical (unpaired) electrons. The van der Waals surface area contributed by atoms with Crippen molar-refractivity contribution in [3.05, 3.63) is 34.9 Å². The standard InChI is InChI=1S/C14H19N3O/c1-4-17(10-14(18)16-3)9-13-6-5-12(8-15)7-11(13)2/h5-7H,4,9-10H2,1-3H3,(H,16,18). The van der Waals surface area contributed by atoms with Crippen molar-refractivity contribution < 1.29 is 4.79 Å². The summed E-state index contributed by atoms with van der Waals surface area (Å²) in [5, 5.41) is 11.4. The van der Waals surface area contributed by atoms with Crippen molar-refractivity contribution in [1.29, 1.82) is 5.26 Å². The monoisotopic (exact) mass is 245 g/mol. The number of nitriles is 1. The number of rotatable bonds is 5. The number of carbonyl (C=O) groups is 1. The van der Waals surface area contributed by atoms with Gasteiger partial charge in [-0.3, -0.25) is 9.69 Å². The fourth-order valence-electron chi connectivity index (χ4n) is 1.75. The first-order valence-corrected chi connectivity index (χ1v) is 6.03. The first-order valence-electron chi connectivity index (χ1n) is 6.03. The molecule has 1 rings (SSSR count). The molecule has 18 heavy (non-hydrogen) atoms. The molecule has 1 amide bonds. The highest BCUT2D eigenvalue weighted by atomic mass is 16.1. The lowest BCUT2D eigenvalue weighted by molar-refractivity contribution is -0.121. The molecule has 4 nitrogen and oxygen atoms in total. The summed E-state index contributed by atoms with van der Waals surface area (Å²) in [6.45, 7) is 5.95. The van der Waals surface area contributed by atoms with E-state index in [0.717, 1.165) is 24.2 Å². The number of carbonyl (C=O) groups excluding carboxylic acids is 1. The third-order valence-corrected chi connectivity index (χ3v) is 2.96. The van der Waals surface area contributed by atoms with E-state index in [-0.39, 0.29) is 5.91 Å². The van der Waals surface area contributed by atoms with Gasteiger partial charge in [-0.1, -0.05) is 13.0 Å². The number of amides is 1. The Kier molecular flexibility index (Phi) is 5.34. The summed E-state index contributed by atoms with van der Waals surface area (Å²) < 4.78 is 0. The normalized spacial score (nSPS) is 10.2. The van der Waals surface area contributed by atoms with Crippen LogP contribution in [0.25, 0.3) is 0 Å². The summed E-state index contributed by atoms with van der Waals surface area (Å²) in [5.74, 6) is 0.0168. The Hall–Kier alpha value is -1.86. The van der Waals surface area contributed by atoms with Gasteiger partial charge in [0.1, 0.15) is 0 Å². The summed E-state index contributed by atoms with van der Waals surface area (Å²) in [7, 11) is 1.64. The molecule has 0 saturated heterocycles. The molecule has 1 N–H and O–H groups in total. The SMILES string of the molecule is CCN(CC(=O)NC)Cc1ccc(C#N)cc1C. The quantitative estimate of drug-likeness (QED) is 0.854. The van der Waals surface area contributed by atoms with E-state index in [9.17, 15) is 4.79 Å². The Bertz CT molecular complexity index is 463.